The largest absolute Gasteiger partial charge is 0.343 e. The average molecular weight is 486 g/mol. The molecule has 9 nitrogen and oxygen atoms in total. The fraction of sp³-hybridized carbons (Fsp3) is 0.370. The van der Waals surface area contributed by atoms with Gasteiger partial charge in [-0.2, -0.15) is 4.98 Å². The van der Waals surface area contributed by atoms with Crippen molar-refractivity contribution in [2.24, 2.45) is 5.92 Å². The highest BCUT2D eigenvalue weighted by atomic mass is 16.2. The molecule has 6 bridgehead atoms. The van der Waals surface area contributed by atoms with Gasteiger partial charge in [0.2, 0.25) is 17.8 Å². The van der Waals surface area contributed by atoms with Gasteiger partial charge in [0.1, 0.15) is 5.82 Å². The molecule has 0 saturated carbocycles. The summed E-state index contributed by atoms with van der Waals surface area (Å²) in [6, 6.07) is 8.01. The molecule has 3 aromatic rings. The molecule has 2 aliphatic heterocycles. The van der Waals surface area contributed by atoms with Crippen LogP contribution in [0, 0.1) is 12.8 Å². The van der Waals surface area contributed by atoms with Crippen LogP contribution < -0.4 is 16.0 Å². The third-order valence-corrected chi connectivity index (χ3v) is 6.79. The fourth-order valence-electron chi connectivity index (χ4n) is 4.85. The third-order valence-electron chi connectivity index (χ3n) is 6.79. The summed E-state index contributed by atoms with van der Waals surface area (Å²) in [6.07, 6.45) is 9.20. The summed E-state index contributed by atoms with van der Waals surface area (Å²) < 4.78 is 0. The van der Waals surface area contributed by atoms with E-state index in [-0.39, 0.29) is 17.7 Å². The molecule has 1 atom stereocenters. The molecule has 1 saturated heterocycles. The first-order valence-corrected chi connectivity index (χ1v) is 12.4. The molecular formula is C27H31N7O2. The van der Waals surface area contributed by atoms with E-state index in [4.69, 9.17) is 0 Å². The quantitative estimate of drug-likeness (QED) is 0.505. The highest BCUT2D eigenvalue weighted by Gasteiger charge is 2.24. The van der Waals surface area contributed by atoms with Crippen LogP contribution >= 0.6 is 0 Å². The van der Waals surface area contributed by atoms with Crippen molar-refractivity contribution in [3.05, 3.63) is 59.5 Å². The minimum absolute atomic E-state index is 0.0190. The number of aryl methyl sites for hydroxylation is 3. The Hall–Kier alpha value is -4.01. The van der Waals surface area contributed by atoms with E-state index in [1.54, 1.807) is 19.3 Å². The minimum Gasteiger partial charge on any atom is -0.343 e. The Labute approximate surface area is 210 Å². The summed E-state index contributed by atoms with van der Waals surface area (Å²) in [4.78, 5) is 40.0. The predicted octanol–water partition coefficient (Wildman–Crippen LogP) is 4.35. The van der Waals surface area contributed by atoms with Crippen molar-refractivity contribution in [2.75, 3.05) is 29.0 Å². The number of likely N-dealkylation sites (tertiary alicyclic amines) is 1. The maximum Gasteiger partial charge on any atom is 0.229 e. The lowest BCUT2D eigenvalue weighted by atomic mass is 9.94. The molecule has 1 aromatic carbocycles. The minimum atomic E-state index is -0.0190. The molecule has 36 heavy (non-hydrogen) atoms. The first-order chi connectivity index (χ1) is 17.4. The Morgan fingerprint density at radius 1 is 1.11 bits per heavy atom. The molecule has 0 spiro atoms. The zero-order chi connectivity index (χ0) is 25.1. The highest BCUT2D eigenvalue weighted by molar-refractivity contribution is 5.92. The average Bonchev–Trinajstić information content (AvgIpc) is 2.86. The number of anilines is 5. The van der Waals surface area contributed by atoms with Crippen LogP contribution in [0.3, 0.4) is 0 Å². The van der Waals surface area contributed by atoms with Crippen molar-refractivity contribution < 1.29 is 9.59 Å². The molecule has 9 heteroatoms. The Morgan fingerprint density at radius 2 is 2.00 bits per heavy atom. The summed E-state index contributed by atoms with van der Waals surface area (Å²) in [7, 11) is 0. The van der Waals surface area contributed by atoms with E-state index < -0.39 is 0 Å². The van der Waals surface area contributed by atoms with Crippen molar-refractivity contribution in [1.82, 2.24) is 19.9 Å². The third kappa shape index (κ3) is 5.62. The Bertz CT molecular complexity index is 1290. The molecule has 2 aliphatic rings. The van der Waals surface area contributed by atoms with Crippen LogP contribution in [0.2, 0.25) is 0 Å². The molecule has 5 rings (SSSR count). The van der Waals surface area contributed by atoms with E-state index in [9.17, 15) is 9.59 Å². The second-order valence-electron chi connectivity index (χ2n) is 9.65. The van der Waals surface area contributed by atoms with Crippen LogP contribution in [-0.4, -0.2) is 44.8 Å². The van der Waals surface area contributed by atoms with E-state index in [0.29, 0.717) is 24.7 Å². The van der Waals surface area contributed by atoms with Crippen molar-refractivity contribution in [1.29, 1.82) is 0 Å². The van der Waals surface area contributed by atoms with E-state index in [0.717, 1.165) is 66.0 Å². The van der Waals surface area contributed by atoms with Crippen LogP contribution in [0.25, 0.3) is 0 Å². The number of rotatable bonds is 3. The Kier molecular flexibility index (Phi) is 6.79. The number of hydrogen-bond donors (Lipinski definition) is 3. The number of fused-ring (bicyclic) bond motifs is 6. The normalized spacial score (nSPS) is 16.9. The number of aromatic nitrogens is 3. The lowest BCUT2D eigenvalue weighted by molar-refractivity contribution is -0.131. The van der Waals surface area contributed by atoms with Crippen LogP contribution in [0.4, 0.5) is 28.8 Å². The van der Waals surface area contributed by atoms with Gasteiger partial charge in [-0.3, -0.25) is 14.6 Å². The molecule has 4 heterocycles. The molecule has 2 amide bonds. The standard InChI is InChI=1S/C27H31N7O2/c1-17-13-29-27-31-23-10-19(14-28-15-23)5-6-21-12-22(30-26(17)33-27)7-8-24(21)32-25(36)11-20-4-3-9-34(16-20)18(2)35/h7-8,10,12-15,20H,3-6,9,11,16H2,1-2H3,(H,32,36)(H2,29,30,31,33)/t20-/m0/s1. The molecule has 0 aliphatic carbocycles. The van der Waals surface area contributed by atoms with Gasteiger partial charge in [-0.15, -0.1) is 0 Å². The zero-order valence-electron chi connectivity index (χ0n) is 20.7. The first-order valence-electron chi connectivity index (χ1n) is 12.4. The van der Waals surface area contributed by atoms with E-state index in [1.807, 2.05) is 36.2 Å². The van der Waals surface area contributed by atoms with Crippen molar-refractivity contribution in [3.63, 3.8) is 0 Å². The molecule has 186 valence electrons. The fourth-order valence-corrected chi connectivity index (χ4v) is 4.85. The Balaban J connectivity index is 1.39. The zero-order valence-corrected chi connectivity index (χ0v) is 20.7. The second-order valence-corrected chi connectivity index (χ2v) is 9.65. The number of nitrogens with one attached hydrogen (secondary N) is 3. The lowest BCUT2D eigenvalue weighted by Gasteiger charge is -2.31. The van der Waals surface area contributed by atoms with E-state index in [1.165, 1.54) is 0 Å². The predicted molar refractivity (Wildman–Crippen MR) is 140 cm³/mol. The van der Waals surface area contributed by atoms with Gasteiger partial charge in [-0.05, 0) is 73.9 Å². The van der Waals surface area contributed by atoms with Crippen molar-refractivity contribution in [2.45, 2.75) is 46.0 Å². The van der Waals surface area contributed by atoms with Gasteiger partial charge in [-0.25, -0.2) is 4.98 Å². The number of pyridine rings is 1. The van der Waals surface area contributed by atoms with Gasteiger partial charge in [0.15, 0.2) is 0 Å². The smallest absolute Gasteiger partial charge is 0.229 e. The maximum absolute atomic E-state index is 13.0. The number of carbonyl (C=O) groups is 2. The lowest BCUT2D eigenvalue weighted by Crippen LogP contribution is -2.39. The molecular weight excluding hydrogens is 454 g/mol. The molecule has 0 radical (unpaired) electrons. The van der Waals surface area contributed by atoms with Crippen LogP contribution in [0.15, 0.2) is 42.9 Å². The number of benzene rings is 1. The molecule has 0 unspecified atom stereocenters. The van der Waals surface area contributed by atoms with Crippen LogP contribution in [-0.2, 0) is 22.4 Å². The topological polar surface area (TPSA) is 112 Å². The molecule has 1 fully saturated rings. The van der Waals surface area contributed by atoms with Crippen LogP contribution in [0.5, 0.6) is 0 Å². The van der Waals surface area contributed by atoms with Crippen molar-refractivity contribution >= 4 is 40.6 Å². The summed E-state index contributed by atoms with van der Waals surface area (Å²) in [6.45, 7) is 4.98. The molecule has 2 aromatic heterocycles. The van der Waals surface area contributed by atoms with Gasteiger partial charge < -0.3 is 20.9 Å². The van der Waals surface area contributed by atoms with Gasteiger partial charge in [0.25, 0.3) is 0 Å². The van der Waals surface area contributed by atoms with Crippen LogP contribution in [0.1, 0.15) is 42.9 Å². The number of hydrogen-bond acceptors (Lipinski definition) is 7. The summed E-state index contributed by atoms with van der Waals surface area (Å²) in [5.74, 6) is 1.45. The SMILES string of the molecule is CC(=O)N1CCC[C@@H](CC(=O)Nc2ccc3cc2CCc2cncc(c2)Nc2ncc(C)c(n2)N3)C1. The number of nitrogens with zero attached hydrogens (tertiary/aromatic N) is 4. The van der Waals surface area contributed by atoms with Gasteiger partial charge in [0, 0.05) is 55.8 Å². The number of carbonyl (C=O) groups excluding carboxylic acids is 2. The van der Waals surface area contributed by atoms with Gasteiger partial charge in [-0.1, -0.05) is 0 Å². The van der Waals surface area contributed by atoms with Gasteiger partial charge in [0.05, 0.1) is 11.9 Å². The maximum atomic E-state index is 13.0. The monoisotopic (exact) mass is 485 g/mol. The number of piperidine rings is 1. The van der Waals surface area contributed by atoms with E-state index >= 15 is 0 Å². The first kappa shape index (κ1) is 23.7. The summed E-state index contributed by atoms with van der Waals surface area (Å²) in [5, 5.41) is 9.78. The highest BCUT2D eigenvalue weighted by Crippen LogP contribution is 2.28. The second kappa shape index (κ2) is 10.3. The Morgan fingerprint density at radius 3 is 2.86 bits per heavy atom. The van der Waals surface area contributed by atoms with E-state index in [2.05, 4.69) is 37.0 Å². The summed E-state index contributed by atoms with van der Waals surface area (Å²) in [5.41, 5.74) is 5.56. The van der Waals surface area contributed by atoms with Crippen molar-refractivity contribution in [3.8, 4) is 0 Å². The number of amides is 2. The summed E-state index contributed by atoms with van der Waals surface area (Å²) >= 11 is 0. The van der Waals surface area contributed by atoms with Gasteiger partial charge >= 0.3 is 0 Å². The molecule has 3 N–H and O–H groups in total.